The molecule has 1 aromatic rings. The second-order valence-electron chi connectivity index (χ2n) is 5.45. The van der Waals surface area contributed by atoms with Crippen LogP contribution in [0.15, 0.2) is 17.0 Å². The van der Waals surface area contributed by atoms with Gasteiger partial charge in [-0.15, -0.1) is 0 Å². The molecule has 7 heteroatoms. The first kappa shape index (κ1) is 17.1. The van der Waals surface area contributed by atoms with Gasteiger partial charge in [-0.3, -0.25) is 0 Å². The van der Waals surface area contributed by atoms with E-state index < -0.39 is 10.0 Å². The summed E-state index contributed by atoms with van der Waals surface area (Å²) in [5.74, 6) is 0.931. The number of hydrogen-bond acceptors (Lipinski definition) is 5. The quantitative estimate of drug-likeness (QED) is 0.792. The van der Waals surface area contributed by atoms with Gasteiger partial charge in [0.25, 0.3) is 0 Å². The van der Waals surface area contributed by atoms with Crippen molar-refractivity contribution in [2.75, 3.05) is 27.3 Å². The van der Waals surface area contributed by atoms with E-state index in [1.165, 1.54) is 20.3 Å². The lowest BCUT2D eigenvalue weighted by molar-refractivity contribution is 0.353. The van der Waals surface area contributed by atoms with Gasteiger partial charge in [0.15, 0.2) is 11.5 Å². The topological polar surface area (TPSA) is 76.7 Å². The molecule has 1 atom stereocenters. The Bertz CT molecular complexity index is 610. The molecule has 0 aromatic heterocycles. The van der Waals surface area contributed by atoms with Gasteiger partial charge >= 0.3 is 0 Å². The molecular weight excluding hydrogens is 304 g/mol. The van der Waals surface area contributed by atoms with Gasteiger partial charge in [-0.2, -0.15) is 0 Å². The molecule has 0 saturated carbocycles. The van der Waals surface area contributed by atoms with E-state index in [2.05, 4.69) is 10.0 Å². The highest BCUT2D eigenvalue weighted by atomic mass is 32.2. The average Bonchev–Trinajstić information content (AvgIpc) is 2.99. The van der Waals surface area contributed by atoms with Gasteiger partial charge in [0.2, 0.25) is 10.0 Å². The Morgan fingerprint density at radius 3 is 2.55 bits per heavy atom. The van der Waals surface area contributed by atoms with Gasteiger partial charge in [-0.25, -0.2) is 13.1 Å². The largest absolute Gasteiger partial charge is 0.493 e. The van der Waals surface area contributed by atoms with E-state index in [0.29, 0.717) is 29.6 Å². The Balaban J connectivity index is 2.10. The predicted octanol–water partition coefficient (Wildman–Crippen LogP) is 1.43. The zero-order valence-electron chi connectivity index (χ0n) is 13.3. The fourth-order valence-electron chi connectivity index (χ4n) is 2.70. The summed E-state index contributed by atoms with van der Waals surface area (Å²) >= 11 is 0. The van der Waals surface area contributed by atoms with Gasteiger partial charge in [0, 0.05) is 18.7 Å². The molecule has 0 aliphatic carbocycles. The molecule has 1 aliphatic rings. The number of aryl methyl sites for hydroxylation is 1. The first-order valence-electron chi connectivity index (χ1n) is 7.43. The summed E-state index contributed by atoms with van der Waals surface area (Å²) in [5, 5.41) is 3.36. The number of nitrogens with one attached hydrogen (secondary N) is 2. The van der Waals surface area contributed by atoms with Crippen LogP contribution >= 0.6 is 0 Å². The zero-order chi connectivity index (χ0) is 16.2. The lowest BCUT2D eigenvalue weighted by Crippen LogP contribution is -2.31. The normalized spacial score (nSPS) is 18.4. The second-order valence-corrected chi connectivity index (χ2v) is 7.19. The van der Waals surface area contributed by atoms with Crippen LogP contribution in [0.4, 0.5) is 0 Å². The number of rotatable bonds is 7. The SMILES string of the molecule is COc1cc(C)c(S(=O)(=O)NCC[C@H]2CCCN2)cc1OC. The molecule has 2 rings (SSSR count). The Morgan fingerprint density at radius 1 is 1.27 bits per heavy atom. The van der Waals surface area contributed by atoms with Crippen molar-refractivity contribution in [2.24, 2.45) is 0 Å². The molecule has 1 aliphatic heterocycles. The minimum Gasteiger partial charge on any atom is -0.493 e. The van der Waals surface area contributed by atoms with Crippen molar-refractivity contribution in [1.29, 1.82) is 0 Å². The van der Waals surface area contributed by atoms with Crippen LogP contribution in [-0.2, 0) is 10.0 Å². The van der Waals surface area contributed by atoms with Crippen LogP contribution in [0.25, 0.3) is 0 Å². The fraction of sp³-hybridized carbons (Fsp3) is 0.600. The van der Waals surface area contributed by atoms with Crippen LogP contribution in [-0.4, -0.2) is 41.8 Å². The van der Waals surface area contributed by atoms with Crippen LogP contribution in [0.1, 0.15) is 24.8 Å². The third kappa shape index (κ3) is 3.91. The minimum absolute atomic E-state index is 0.226. The lowest BCUT2D eigenvalue weighted by Gasteiger charge is -2.15. The summed E-state index contributed by atoms with van der Waals surface area (Å²) in [6, 6.07) is 3.59. The summed E-state index contributed by atoms with van der Waals surface area (Å²) in [4.78, 5) is 0.226. The second kappa shape index (κ2) is 7.30. The molecule has 0 unspecified atom stereocenters. The van der Waals surface area contributed by atoms with Gasteiger partial charge in [0.1, 0.15) is 0 Å². The van der Waals surface area contributed by atoms with E-state index in [-0.39, 0.29) is 4.90 Å². The predicted molar refractivity (Wildman–Crippen MR) is 85.1 cm³/mol. The summed E-state index contributed by atoms with van der Waals surface area (Å²) < 4.78 is 38.0. The van der Waals surface area contributed by atoms with E-state index in [0.717, 1.165) is 25.8 Å². The third-order valence-corrected chi connectivity index (χ3v) is 5.52. The van der Waals surface area contributed by atoms with E-state index >= 15 is 0 Å². The van der Waals surface area contributed by atoms with Gasteiger partial charge in [0.05, 0.1) is 19.1 Å². The summed E-state index contributed by atoms with van der Waals surface area (Å²) in [5.41, 5.74) is 0.629. The lowest BCUT2D eigenvalue weighted by atomic mass is 10.2. The van der Waals surface area contributed by atoms with Crippen molar-refractivity contribution in [2.45, 2.75) is 37.1 Å². The zero-order valence-corrected chi connectivity index (χ0v) is 14.1. The Morgan fingerprint density at radius 2 is 1.95 bits per heavy atom. The van der Waals surface area contributed by atoms with Crippen molar-refractivity contribution >= 4 is 10.0 Å². The highest BCUT2D eigenvalue weighted by Gasteiger charge is 2.21. The van der Waals surface area contributed by atoms with Crippen LogP contribution in [0.3, 0.4) is 0 Å². The molecule has 22 heavy (non-hydrogen) atoms. The Hall–Kier alpha value is -1.31. The van der Waals surface area contributed by atoms with Crippen molar-refractivity contribution < 1.29 is 17.9 Å². The number of benzene rings is 1. The van der Waals surface area contributed by atoms with Gasteiger partial charge in [-0.1, -0.05) is 0 Å². The number of methoxy groups -OCH3 is 2. The fourth-order valence-corrected chi connectivity index (χ4v) is 3.99. The third-order valence-electron chi connectivity index (χ3n) is 3.92. The summed E-state index contributed by atoms with van der Waals surface area (Å²) in [6.45, 7) is 3.19. The van der Waals surface area contributed by atoms with Crippen molar-refractivity contribution in [3.63, 3.8) is 0 Å². The Labute approximate surface area is 132 Å². The van der Waals surface area contributed by atoms with Crippen LogP contribution in [0.5, 0.6) is 11.5 Å². The van der Waals surface area contributed by atoms with Gasteiger partial charge in [-0.05, 0) is 44.4 Å². The molecule has 1 saturated heterocycles. The minimum atomic E-state index is -3.55. The maximum absolute atomic E-state index is 12.5. The maximum atomic E-state index is 12.5. The maximum Gasteiger partial charge on any atom is 0.240 e. The molecule has 2 N–H and O–H groups in total. The van der Waals surface area contributed by atoms with E-state index in [1.807, 2.05) is 0 Å². The molecule has 124 valence electrons. The van der Waals surface area contributed by atoms with Crippen LogP contribution < -0.4 is 19.5 Å². The molecule has 0 radical (unpaired) electrons. The first-order chi connectivity index (χ1) is 10.5. The molecular formula is C15H24N2O4S. The summed E-state index contributed by atoms with van der Waals surface area (Å²) in [6.07, 6.45) is 3.06. The van der Waals surface area contributed by atoms with E-state index in [1.54, 1.807) is 13.0 Å². The van der Waals surface area contributed by atoms with E-state index in [4.69, 9.17) is 9.47 Å². The van der Waals surface area contributed by atoms with Crippen LogP contribution in [0.2, 0.25) is 0 Å². The van der Waals surface area contributed by atoms with Crippen molar-refractivity contribution in [3.05, 3.63) is 17.7 Å². The van der Waals surface area contributed by atoms with Gasteiger partial charge < -0.3 is 14.8 Å². The van der Waals surface area contributed by atoms with Crippen LogP contribution in [0, 0.1) is 6.92 Å². The number of ether oxygens (including phenoxy) is 2. The first-order valence-corrected chi connectivity index (χ1v) is 8.92. The number of sulfonamides is 1. The highest BCUT2D eigenvalue weighted by Crippen LogP contribution is 2.32. The standard InChI is InChI=1S/C15H24N2O4S/c1-11-9-13(20-2)14(21-3)10-15(11)22(18,19)17-8-6-12-5-4-7-16-12/h9-10,12,16-17H,4-8H2,1-3H3/t12-/m1/s1. The van der Waals surface area contributed by atoms with Crippen molar-refractivity contribution in [1.82, 2.24) is 10.0 Å². The Kier molecular flexibility index (Phi) is 5.66. The molecule has 0 spiro atoms. The highest BCUT2D eigenvalue weighted by molar-refractivity contribution is 7.89. The van der Waals surface area contributed by atoms with Crippen molar-refractivity contribution in [3.8, 4) is 11.5 Å². The molecule has 1 aromatic carbocycles. The molecule has 0 amide bonds. The molecule has 1 heterocycles. The monoisotopic (exact) mass is 328 g/mol. The van der Waals surface area contributed by atoms with E-state index in [9.17, 15) is 8.42 Å². The average molecular weight is 328 g/mol. The molecule has 0 bridgehead atoms. The number of hydrogen-bond donors (Lipinski definition) is 2. The summed E-state index contributed by atoms with van der Waals surface area (Å²) in [7, 11) is -0.539. The smallest absolute Gasteiger partial charge is 0.240 e. The molecule has 6 nitrogen and oxygen atoms in total. The molecule has 1 fully saturated rings.